The lowest BCUT2D eigenvalue weighted by Gasteiger charge is -2.21. The SMILES string of the molecule is CNC(=O)c1ccc(C=CC(=O)NCC(=O)N(C)c2ccc(Cl)c(COc3cccc4ccc(C)nc34)c2Cl)cc1OC. The van der Waals surface area contributed by atoms with E-state index >= 15 is 0 Å². The van der Waals surface area contributed by atoms with Crippen molar-refractivity contribution >= 4 is 63.6 Å². The second-order valence-corrected chi connectivity index (χ2v) is 10.3. The van der Waals surface area contributed by atoms with Gasteiger partial charge in [0.1, 0.15) is 23.6 Å². The molecule has 0 aliphatic carbocycles. The lowest BCUT2D eigenvalue weighted by molar-refractivity contribution is -0.122. The normalized spacial score (nSPS) is 10.9. The summed E-state index contributed by atoms with van der Waals surface area (Å²) in [6.07, 6.45) is 2.84. The third-order valence-corrected chi connectivity index (χ3v) is 7.41. The molecule has 0 radical (unpaired) electrons. The first-order chi connectivity index (χ1) is 20.6. The molecule has 0 bridgehead atoms. The highest BCUT2D eigenvalue weighted by Crippen LogP contribution is 2.35. The number of anilines is 1. The summed E-state index contributed by atoms with van der Waals surface area (Å²) in [5, 5.41) is 6.70. The fraction of sp³-hybridized carbons (Fsp3) is 0.188. The van der Waals surface area contributed by atoms with Gasteiger partial charge in [0.15, 0.2) is 0 Å². The number of carbonyl (C=O) groups excluding carboxylic acids is 3. The predicted octanol–water partition coefficient (Wildman–Crippen LogP) is 5.59. The molecule has 1 heterocycles. The molecule has 0 fully saturated rings. The van der Waals surface area contributed by atoms with E-state index in [-0.39, 0.29) is 24.1 Å². The summed E-state index contributed by atoms with van der Waals surface area (Å²) in [7, 11) is 4.54. The lowest BCUT2D eigenvalue weighted by atomic mass is 10.1. The molecule has 3 amide bonds. The Bertz CT molecular complexity index is 1720. The van der Waals surface area contributed by atoms with Crippen LogP contribution in [0.4, 0.5) is 5.69 Å². The number of aromatic nitrogens is 1. The molecule has 11 heteroatoms. The van der Waals surface area contributed by atoms with Crippen molar-refractivity contribution in [3.05, 3.63) is 99.2 Å². The number of likely N-dealkylation sites (N-methyl/N-ethyl adjacent to an activating group) is 1. The molecule has 4 rings (SSSR count). The second-order valence-electron chi connectivity index (χ2n) is 9.47. The van der Waals surface area contributed by atoms with Gasteiger partial charge in [0.2, 0.25) is 11.8 Å². The van der Waals surface area contributed by atoms with Crippen LogP contribution in [0.5, 0.6) is 11.5 Å². The third kappa shape index (κ3) is 7.43. The first-order valence-electron chi connectivity index (χ1n) is 13.2. The number of para-hydroxylation sites is 1. The van der Waals surface area contributed by atoms with E-state index in [1.165, 1.54) is 25.1 Å². The number of rotatable bonds is 10. The zero-order valence-corrected chi connectivity index (χ0v) is 25.5. The first-order valence-corrected chi connectivity index (χ1v) is 14.0. The average Bonchev–Trinajstić information content (AvgIpc) is 3.01. The number of ether oxygens (including phenoxy) is 2. The van der Waals surface area contributed by atoms with Crippen molar-refractivity contribution in [2.75, 3.05) is 32.6 Å². The lowest BCUT2D eigenvalue weighted by Crippen LogP contribution is -2.37. The van der Waals surface area contributed by atoms with Crippen LogP contribution in [0, 0.1) is 6.92 Å². The van der Waals surface area contributed by atoms with Gasteiger partial charge in [0.05, 0.1) is 29.9 Å². The minimum Gasteiger partial charge on any atom is -0.496 e. The van der Waals surface area contributed by atoms with Gasteiger partial charge >= 0.3 is 0 Å². The Hall–Kier alpha value is -4.60. The predicted molar refractivity (Wildman–Crippen MR) is 169 cm³/mol. The number of fused-ring (bicyclic) bond motifs is 1. The van der Waals surface area contributed by atoms with Crippen LogP contribution in [0.25, 0.3) is 17.0 Å². The van der Waals surface area contributed by atoms with Crippen LogP contribution in [0.15, 0.2) is 66.7 Å². The fourth-order valence-corrected chi connectivity index (χ4v) is 4.85. The standard InChI is InChI=1S/C32H30Cl2N4O5/c1-19-8-11-21-6-5-7-26(31(21)37-19)43-18-23-24(33)13-14-25(30(23)34)38(3)29(40)17-36-28(39)15-10-20-9-12-22(32(41)35-2)27(16-20)42-4/h5-16H,17-18H2,1-4H3,(H,35,41)(H,36,39). The quantitative estimate of drug-likeness (QED) is 0.224. The number of hydrogen-bond donors (Lipinski definition) is 2. The summed E-state index contributed by atoms with van der Waals surface area (Å²) in [4.78, 5) is 43.2. The molecule has 2 N–H and O–H groups in total. The molecule has 3 aromatic carbocycles. The summed E-state index contributed by atoms with van der Waals surface area (Å²) in [5.74, 6) is -0.216. The maximum Gasteiger partial charge on any atom is 0.254 e. The number of carbonyl (C=O) groups is 3. The van der Waals surface area contributed by atoms with E-state index in [0.29, 0.717) is 38.9 Å². The smallest absolute Gasteiger partial charge is 0.254 e. The molecule has 0 aliphatic heterocycles. The van der Waals surface area contributed by atoms with Gasteiger partial charge in [-0.2, -0.15) is 0 Å². The molecular formula is C32H30Cl2N4O5. The van der Waals surface area contributed by atoms with Crippen LogP contribution in [-0.2, 0) is 16.2 Å². The molecular weight excluding hydrogens is 591 g/mol. The summed E-state index contributed by atoms with van der Waals surface area (Å²) in [6.45, 7) is 1.69. The van der Waals surface area contributed by atoms with Gasteiger partial charge in [-0.1, -0.05) is 47.5 Å². The monoisotopic (exact) mass is 620 g/mol. The Morgan fingerprint density at radius 3 is 2.56 bits per heavy atom. The molecule has 9 nitrogen and oxygen atoms in total. The van der Waals surface area contributed by atoms with E-state index in [1.54, 1.807) is 43.5 Å². The molecule has 0 spiro atoms. The van der Waals surface area contributed by atoms with Crippen LogP contribution < -0.4 is 25.0 Å². The van der Waals surface area contributed by atoms with Crippen molar-refractivity contribution in [3.8, 4) is 11.5 Å². The maximum atomic E-state index is 12.9. The molecule has 43 heavy (non-hydrogen) atoms. The van der Waals surface area contributed by atoms with Crippen molar-refractivity contribution < 1.29 is 23.9 Å². The van der Waals surface area contributed by atoms with Crippen molar-refractivity contribution in [1.29, 1.82) is 0 Å². The van der Waals surface area contributed by atoms with E-state index in [4.69, 9.17) is 32.7 Å². The van der Waals surface area contributed by atoms with Crippen molar-refractivity contribution in [2.45, 2.75) is 13.5 Å². The Labute approximate surface area is 259 Å². The van der Waals surface area contributed by atoms with E-state index in [1.807, 2.05) is 37.3 Å². The van der Waals surface area contributed by atoms with Crippen LogP contribution in [0.2, 0.25) is 10.0 Å². The minimum atomic E-state index is -0.480. The number of benzene rings is 3. The summed E-state index contributed by atoms with van der Waals surface area (Å²) < 4.78 is 11.3. The molecule has 0 atom stereocenters. The number of pyridine rings is 1. The topological polar surface area (TPSA) is 110 Å². The van der Waals surface area contributed by atoms with Gasteiger partial charge in [-0.05, 0) is 55.0 Å². The Kier molecular flexibility index (Phi) is 10.2. The van der Waals surface area contributed by atoms with Gasteiger partial charge in [0.25, 0.3) is 5.91 Å². The average molecular weight is 622 g/mol. The van der Waals surface area contributed by atoms with Crippen LogP contribution >= 0.6 is 23.2 Å². The first kappa shape index (κ1) is 31.3. The van der Waals surface area contributed by atoms with Crippen LogP contribution in [0.3, 0.4) is 0 Å². The highest BCUT2D eigenvalue weighted by Gasteiger charge is 2.19. The van der Waals surface area contributed by atoms with E-state index in [9.17, 15) is 14.4 Å². The number of halogens is 2. The molecule has 0 aliphatic rings. The number of nitrogens with one attached hydrogen (secondary N) is 2. The van der Waals surface area contributed by atoms with Gasteiger partial charge in [-0.15, -0.1) is 0 Å². The summed E-state index contributed by atoms with van der Waals surface area (Å²) in [5.41, 5.74) is 3.52. The van der Waals surface area contributed by atoms with E-state index < -0.39 is 11.8 Å². The van der Waals surface area contributed by atoms with Gasteiger partial charge < -0.3 is 25.0 Å². The van der Waals surface area contributed by atoms with E-state index in [2.05, 4.69) is 15.6 Å². The maximum absolute atomic E-state index is 12.9. The molecule has 1 aromatic heterocycles. The number of amides is 3. The number of methoxy groups -OCH3 is 1. The van der Waals surface area contributed by atoms with Crippen molar-refractivity contribution in [2.24, 2.45) is 0 Å². The molecule has 0 saturated heterocycles. The molecule has 4 aromatic rings. The largest absolute Gasteiger partial charge is 0.496 e. The number of aryl methyl sites for hydroxylation is 1. The summed E-state index contributed by atoms with van der Waals surface area (Å²) in [6, 6.07) is 17.7. The Morgan fingerprint density at radius 2 is 1.81 bits per heavy atom. The number of nitrogens with zero attached hydrogens (tertiary/aromatic N) is 2. The third-order valence-electron chi connectivity index (χ3n) is 6.63. The Morgan fingerprint density at radius 1 is 1.02 bits per heavy atom. The highest BCUT2D eigenvalue weighted by atomic mass is 35.5. The number of hydrogen-bond acceptors (Lipinski definition) is 6. The van der Waals surface area contributed by atoms with Crippen LogP contribution in [-0.4, -0.2) is 50.5 Å². The zero-order valence-electron chi connectivity index (χ0n) is 24.0. The summed E-state index contributed by atoms with van der Waals surface area (Å²) >= 11 is 13.2. The molecule has 0 saturated carbocycles. The molecule has 222 valence electrons. The van der Waals surface area contributed by atoms with Gasteiger partial charge in [0, 0.05) is 41.8 Å². The molecule has 0 unspecified atom stereocenters. The Balaban J connectivity index is 1.40. The van der Waals surface area contributed by atoms with Crippen LogP contribution in [0.1, 0.15) is 27.2 Å². The van der Waals surface area contributed by atoms with Crippen molar-refractivity contribution in [1.82, 2.24) is 15.6 Å². The fourth-order valence-electron chi connectivity index (χ4n) is 4.24. The van der Waals surface area contributed by atoms with Gasteiger partial charge in [-0.25, -0.2) is 4.98 Å². The zero-order chi connectivity index (χ0) is 31.1. The van der Waals surface area contributed by atoms with Gasteiger partial charge in [-0.3, -0.25) is 14.4 Å². The van der Waals surface area contributed by atoms with Crippen molar-refractivity contribution in [3.63, 3.8) is 0 Å². The van der Waals surface area contributed by atoms with E-state index in [0.717, 1.165) is 16.6 Å². The highest BCUT2D eigenvalue weighted by molar-refractivity contribution is 6.38. The second kappa shape index (κ2) is 14.0. The minimum absolute atomic E-state index is 0.0543.